The van der Waals surface area contributed by atoms with Crippen molar-refractivity contribution in [1.29, 1.82) is 0 Å². The van der Waals surface area contributed by atoms with E-state index < -0.39 is 23.0 Å². The van der Waals surface area contributed by atoms with Gasteiger partial charge >= 0.3 is 6.03 Å². The maximum atomic E-state index is 12.9. The van der Waals surface area contributed by atoms with Gasteiger partial charge in [-0.3, -0.25) is 5.14 Å². The molecule has 5 rings (SSSR count). The van der Waals surface area contributed by atoms with Gasteiger partial charge in [0, 0.05) is 29.0 Å². The zero-order valence-electron chi connectivity index (χ0n) is 18.5. The Morgan fingerprint density at radius 3 is 3.06 bits per heavy atom. The monoisotopic (exact) mass is 458 g/mol. The molecule has 2 amide bonds. The van der Waals surface area contributed by atoms with Crippen molar-refractivity contribution in [1.82, 2.24) is 14.7 Å². The summed E-state index contributed by atoms with van der Waals surface area (Å²) >= 11 is 0. The van der Waals surface area contributed by atoms with Gasteiger partial charge in [0.05, 0.1) is 25.5 Å². The van der Waals surface area contributed by atoms with Gasteiger partial charge in [-0.25, -0.2) is 9.48 Å². The third kappa shape index (κ3) is 3.96. The van der Waals surface area contributed by atoms with E-state index in [0.717, 1.165) is 55.6 Å². The molecule has 9 nitrogen and oxygen atoms in total. The molecular formula is C22H30N6O3S. The van der Waals surface area contributed by atoms with Crippen LogP contribution in [0.25, 0.3) is 0 Å². The van der Waals surface area contributed by atoms with Crippen molar-refractivity contribution < 1.29 is 14.6 Å². The molecule has 4 N–H and O–H groups in total. The van der Waals surface area contributed by atoms with Crippen molar-refractivity contribution in [3.63, 3.8) is 0 Å². The molecule has 3 atom stereocenters. The van der Waals surface area contributed by atoms with Crippen LogP contribution in [0.5, 0.6) is 5.88 Å². The number of fused-ring (bicyclic) bond motifs is 3. The van der Waals surface area contributed by atoms with E-state index in [0.29, 0.717) is 29.7 Å². The molecule has 0 saturated carbocycles. The number of aliphatic hydroxyl groups excluding tert-OH is 1. The molecule has 1 aliphatic heterocycles. The van der Waals surface area contributed by atoms with Crippen molar-refractivity contribution in [3.05, 3.63) is 34.5 Å². The summed E-state index contributed by atoms with van der Waals surface area (Å²) in [6.07, 6.45) is 5.61. The average molecular weight is 459 g/mol. The fourth-order valence-electron chi connectivity index (χ4n) is 5.13. The number of ether oxygens (including phenoxy) is 1. The molecule has 10 heteroatoms. The summed E-state index contributed by atoms with van der Waals surface area (Å²) in [5.41, 5.74) is 5.21. The van der Waals surface area contributed by atoms with E-state index in [1.54, 1.807) is 6.20 Å². The number of rotatable bonds is 4. The number of amides is 2. The number of hydrogen-bond donors (Lipinski definition) is 3. The molecule has 172 valence electrons. The van der Waals surface area contributed by atoms with Crippen molar-refractivity contribution in [3.8, 4) is 5.88 Å². The quantitative estimate of drug-likeness (QED) is 0.646. The van der Waals surface area contributed by atoms with Gasteiger partial charge in [0.25, 0.3) is 0 Å². The van der Waals surface area contributed by atoms with Gasteiger partial charge in [0.1, 0.15) is 4.90 Å². The lowest BCUT2D eigenvalue weighted by Gasteiger charge is -2.26. The molecule has 0 bridgehead atoms. The highest BCUT2D eigenvalue weighted by Gasteiger charge is 2.30. The van der Waals surface area contributed by atoms with Crippen LogP contribution >= 0.6 is 0 Å². The number of hydrogen-bond acceptors (Lipinski definition) is 5. The minimum Gasteiger partial charge on any atom is -0.477 e. The van der Waals surface area contributed by atoms with Crippen LogP contribution in [0.4, 0.5) is 10.5 Å². The fraction of sp³-hybridized carbons (Fsp3) is 0.545. The number of aliphatic hydroxyl groups is 1. The molecule has 2 aromatic rings. The minimum atomic E-state index is -1.18. The normalized spacial score (nSPS) is 22.4. The lowest BCUT2D eigenvalue weighted by molar-refractivity contribution is 0.136. The zero-order chi connectivity index (χ0) is 22.4. The van der Waals surface area contributed by atoms with Gasteiger partial charge in [-0.15, -0.1) is 0 Å². The summed E-state index contributed by atoms with van der Waals surface area (Å²) in [6, 6.07) is 1.65. The highest BCUT2D eigenvalue weighted by molar-refractivity contribution is 7.85. The smallest absolute Gasteiger partial charge is 0.352 e. The number of urea groups is 1. The Morgan fingerprint density at radius 1 is 1.41 bits per heavy atom. The SMILES string of the molecule is CN(C)CC1COc2c(S(N)=NC(=O)Nc3c4c(cc5c3CCC5O)CCC4)cnn2C1. The number of nitrogens with zero attached hydrogens (tertiary/aromatic N) is 4. The topological polar surface area (TPSA) is 118 Å². The molecule has 1 aromatic heterocycles. The van der Waals surface area contributed by atoms with Crippen molar-refractivity contribution in [2.45, 2.75) is 49.6 Å². The molecule has 0 fully saturated rings. The lowest BCUT2D eigenvalue weighted by atomic mass is 9.98. The predicted molar refractivity (Wildman–Crippen MR) is 123 cm³/mol. The van der Waals surface area contributed by atoms with Crippen LogP contribution in [0.1, 0.15) is 41.2 Å². The van der Waals surface area contributed by atoms with Crippen LogP contribution in [-0.2, 0) is 36.7 Å². The van der Waals surface area contributed by atoms with Crippen LogP contribution in [0, 0.1) is 5.92 Å². The number of carbonyl (C=O) groups excluding carboxylic acids is 1. The van der Waals surface area contributed by atoms with Crippen LogP contribution in [-0.4, -0.2) is 53.1 Å². The number of carbonyl (C=O) groups is 1. The number of nitrogens with one attached hydrogen (secondary N) is 1. The molecular weight excluding hydrogens is 428 g/mol. The number of nitrogens with two attached hydrogens (primary N) is 1. The Kier molecular flexibility index (Phi) is 5.79. The summed E-state index contributed by atoms with van der Waals surface area (Å²) in [6.45, 7) is 2.25. The first-order valence-electron chi connectivity index (χ1n) is 11.1. The van der Waals surface area contributed by atoms with Gasteiger partial charge in [0.15, 0.2) is 0 Å². The van der Waals surface area contributed by atoms with Gasteiger partial charge in [-0.2, -0.15) is 9.46 Å². The summed E-state index contributed by atoms with van der Waals surface area (Å²) in [4.78, 5) is 15.6. The third-order valence-corrected chi connectivity index (χ3v) is 7.57. The van der Waals surface area contributed by atoms with Crippen LogP contribution < -0.4 is 15.2 Å². The minimum absolute atomic E-state index is 0.350. The number of anilines is 1. The van der Waals surface area contributed by atoms with Crippen LogP contribution in [0.3, 0.4) is 0 Å². The Labute approximate surface area is 190 Å². The molecule has 2 aliphatic carbocycles. The highest BCUT2D eigenvalue weighted by atomic mass is 32.2. The summed E-state index contributed by atoms with van der Waals surface area (Å²) in [5.74, 6) is 0.953. The summed E-state index contributed by atoms with van der Waals surface area (Å²) < 4.78 is 12.0. The summed E-state index contributed by atoms with van der Waals surface area (Å²) in [5, 5.41) is 24.1. The van der Waals surface area contributed by atoms with E-state index in [4.69, 9.17) is 9.88 Å². The second kappa shape index (κ2) is 8.58. The first kappa shape index (κ1) is 21.6. The van der Waals surface area contributed by atoms with Gasteiger partial charge in [-0.1, -0.05) is 6.07 Å². The molecule has 1 aromatic carbocycles. The highest BCUT2D eigenvalue weighted by Crippen LogP contribution is 2.42. The molecule has 0 spiro atoms. The zero-order valence-corrected chi connectivity index (χ0v) is 19.3. The third-order valence-electron chi connectivity index (χ3n) is 6.48. The Hall–Kier alpha value is -2.27. The van der Waals surface area contributed by atoms with E-state index in [9.17, 15) is 9.90 Å². The van der Waals surface area contributed by atoms with Crippen LogP contribution in [0.15, 0.2) is 21.5 Å². The van der Waals surface area contributed by atoms with E-state index in [1.165, 1.54) is 11.1 Å². The molecule has 2 heterocycles. The fourth-order valence-corrected chi connectivity index (χ4v) is 5.95. The first-order valence-corrected chi connectivity index (χ1v) is 12.4. The number of aryl methyl sites for hydroxylation is 1. The van der Waals surface area contributed by atoms with Crippen molar-refractivity contribution in [2.75, 3.05) is 32.6 Å². The van der Waals surface area contributed by atoms with Crippen molar-refractivity contribution >= 4 is 22.6 Å². The first-order chi connectivity index (χ1) is 15.4. The predicted octanol–water partition coefficient (Wildman–Crippen LogP) is 2.19. The maximum absolute atomic E-state index is 12.9. The second-order valence-electron chi connectivity index (χ2n) is 9.14. The summed E-state index contributed by atoms with van der Waals surface area (Å²) in [7, 11) is 2.90. The molecule has 3 aliphatic rings. The van der Waals surface area contributed by atoms with E-state index >= 15 is 0 Å². The van der Waals surface area contributed by atoms with E-state index in [2.05, 4.69) is 25.7 Å². The molecule has 3 unspecified atom stereocenters. The van der Waals surface area contributed by atoms with Crippen molar-refractivity contribution in [2.24, 2.45) is 15.4 Å². The Balaban J connectivity index is 1.36. The van der Waals surface area contributed by atoms with E-state index in [1.807, 2.05) is 18.8 Å². The maximum Gasteiger partial charge on any atom is 0.352 e. The average Bonchev–Trinajstić information content (AvgIpc) is 3.46. The van der Waals surface area contributed by atoms with Crippen LogP contribution in [0.2, 0.25) is 0 Å². The van der Waals surface area contributed by atoms with Gasteiger partial charge < -0.3 is 20.1 Å². The lowest BCUT2D eigenvalue weighted by Crippen LogP contribution is -2.34. The van der Waals surface area contributed by atoms with Gasteiger partial charge in [0.2, 0.25) is 5.88 Å². The van der Waals surface area contributed by atoms with Gasteiger partial charge in [-0.05, 0) is 68.5 Å². The second-order valence-corrected chi connectivity index (χ2v) is 10.4. The largest absolute Gasteiger partial charge is 0.477 e. The van der Waals surface area contributed by atoms with E-state index in [-0.39, 0.29) is 0 Å². The Bertz CT molecular complexity index is 1100. The number of benzene rings is 1. The standard InChI is InChI=1S/C22H30N6O3S/c1-27(2)10-13-11-28-21(31-12-13)19(9-24-28)32(23)26-22(30)25-20-15-5-3-4-14(15)8-17-16(20)6-7-18(17)29/h8-9,13,18,29H,3-7,10-12H2,1-2H3,(H3,23,25,26,30). The molecule has 0 saturated heterocycles. The molecule has 0 radical (unpaired) electrons. The Morgan fingerprint density at radius 2 is 2.25 bits per heavy atom. The number of aromatic nitrogens is 2. The molecule has 32 heavy (non-hydrogen) atoms.